The molecule has 0 radical (unpaired) electrons. The van der Waals surface area contributed by atoms with Gasteiger partial charge in [-0.05, 0) is 34.1 Å². The van der Waals surface area contributed by atoms with Crippen LogP contribution in [0.25, 0.3) is 0 Å². The molecule has 0 amide bonds. The molecule has 1 N–H and O–H groups in total. The summed E-state index contributed by atoms with van der Waals surface area (Å²) in [6, 6.07) is 1.74. The van der Waals surface area contributed by atoms with E-state index in [-0.39, 0.29) is 0 Å². The average Bonchev–Trinajstić information content (AvgIpc) is 2.25. The largest absolute Gasteiger partial charge is 0.383 e. The predicted molar refractivity (Wildman–Crippen MR) is 70.9 cm³/mol. The van der Waals surface area contributed by atoms with Gasteiger partial charge in [0.25, 0.3) is 0 Å². The molecule has 2 atom stereocenters. The summed E-state index contributed by atoms with van der Waals surface area (Å²) in [7, 11) is 1.76. The topological polar surface area (TPSA) is 24.5 Å². The minimum absolute atomic E-state index is 0.559. The second-order valence-corrected chi connectivity index (χ2v) is 4.89. The Morgan fingerprint density at radius 2 is 1.81 bits per heavy atom. The molecule has 0 rings (SSSR count). The SMILES string of the molecule is CCC(C)NCC(C)N(CCOC)C(C)C. The van der Waals surface area contributed by atoms with E-state index in [0.717, 1.165) is 19.7 Å². The first-order valence-electron chi connectivity index (χ1n) is 6.50. The third-order valence-electron chi connectivity index (χ3n) is 3.16. The zero-order valence-corrected chi connectivity index (χ0v) is 11.9. The van der Waals surface area contributed by atoms with Gasteiger partial charge >= 0.3 is 0 Å². The highest BCUT2D eigenvalue weighted by molar-refractivity contribution is 4.74. The monoisotopic (exact) mass is 230 g/mol. The Morgan fingerprint density at radius 3 is 2.25 bits per heavy atom. The zero-order chi connectivity index (χ0) is 12.6. The first kappa shape index (κ1) is 15.9. The van der Waals surface area contributed by atoms with Crippen LogP contribution in [0.1, 0.15) is 41.0 Å². The maximum Gasteiger partial charge on any atom is 0.0589 e. The quantitative estimate of drug-likeness (QED) is 0.656. The van der Waals surface area contributed by atoms with E-state index in [9.17, 15) is 0 Å². The number of methoxy groups -OCH3 is 1. The lowest BCUT2D eigenvalue weighted by atomic mass is 10.2. The summed E-state index contributed by atoms with van der Waals surface area (Å²) in [5.41, 5.74) is 0. The molecule has 0 saturated carbocycles. The van der Waals surface area contributed by atoms with Crippen LogP contribution >= 0.6 is 0 Å². The maximum absolute atomic E-state index is 5.16. The van der Waals surface area contributed by atoms with Crippen LogP contribution in [-0.4, -0.2) is 49.8 Å². The molecule has 0 aromatic rings. The molecule has 0 fully saturated rings. The minimum atomic E-state index is 0.559. The molecule has 2 unspecified atom stereocenters. The summed E-state index contributed by atoms with van der Waals surface area (Å²) in [6.07, 6.45) is 1.19. The van der Waals surface area contributed by atoms with Crippen LogP contribution in [0.5, 0.6) is 0 Å². The van der Waals surface area contributed by atoms with Crippen LogP contribution in [0.15, 0.2) is 0 Å². The van der Waals surface area contributed by atoms with E-state index < -0.39 is 0 Å². The van der Waals surface area contributed by atoms with Gasteiger partial charge in [0.05, 0.1) is 6.61 Å². The van der Waals surface area contributed by atoms with Crippen LogP contribution in [0.3, 0.4) is 0 Å². The Hall–Kier alpha value is -0.120. The highest BCUT2D eigenvalue weighted by Crippen LogP contribution is 2.05. The van der Waals surface area contributed by atoms with Crippen LogP contribution in [0, 0.1) is 0 Å². The van der Waals surface area contributed by atoms with Gasteiger partial charge in [-0.25, -0.2) is 0 Å². The Bertz CT molecular complexity index is 162. The molecule has 0 heterocycles. The summed E-state index contributed by atoms with van der Waals surface area (Å²) in [4.78, 5) is 2.48. The molecule has 0 bridgehead atoms. The van der Waals surface area contributed by atoms with Crippen LogP contribution in [0.2, 0.25) is 0 Å². The zero-order valence-electron chi connectivity index (χ0n) is 11.9. The number of hydrogen-bond acceptors (Lipinski definition) is 3. The van der Waals surface area contributed by atoms with E-state index in [1.165, 1.54) is 6.42 Å². The second kappa shape index (κ2) is 8.97. The Kier molecular flexibility index (Phi) is 8.90. The average molecular weight is 230 g/mol. The molecule has 0 aliphatic rings. The first-order valence-corrected chi connectivity index (χ1v) is 6.50. The van der Waals surface area contributed by atoms with Crippen LogP contribution < -0.4 is 5.32 Å². The van der Waals surface area contributed by atoms with E-state index >= 15 is 0 Å². The summed E-state index contributed by atoms with van der Waals surface area (Å²) in [6.45, 7) is 14.1. The molecule has 16 heavy (non-hydrogen) atoms. The van der Waals surface area contributed by atoms with Gasteiger partial charge in [-0.15, -0.1) is 0 Å². The highest BCUT2D eigenvalue weighted by Gasteiger charge is 2.16. The summed E-state index contributed by atoms with van der Waals surface area (Å²) < 4.78 is 5.16. The van der Waals surface area contributed by atoms with Gasteiger partial charge in [-0.3, -0.25) is 4.90 Å². The van der Waals surface area contributed by atoms with Crippen molar-refractivity contribution in [1.29, 1.82) is 0 Å². The number of nitrogens with one attached hydrogen (secondary N) is 1. The Morgan fingerprint density at radius 1 is 1.19 bits per heavy atom. The molecule has 0 aromatic heterocycles. The fraction of sp³-hybridized carbons (Fsp3) is 1.00. The molecule has 0 aromatic carbocycles. The van der Waals surface area contributed by atoms with Crippen molar-refractivity contribution in [2.24, 2.45) is 0 Å². The van der Waals surface area contributed by atoms with E-state index in [0.29, 0.717) is 18.1 Å². The smallest absolute Gasteiger partial charge is 0.0589 e. The highest BCUT2D eigenvalue weighted by atomic mass is 16.5. The van der Waals surface area contributed by atoms with Crippen molar-refractivity contribution in [2.75, 3.05) is 26.8 Å². The summed E-state index contributed by atoms with van der Waals surface area (Å²) >= 11 is 0. The van der Waals surface area contributed by atoms with Gasteiger partial charge in [-0.1, -0.05) is 6.92 Å². The van der Waals surface area contributed by atoms with Crippen molar-refractivity contribution in [3.63, 3.8) is 0 Å². The molecular formula is C13H30N2O. The number of ether oxygens (including phenoxy) is 1. The van der Waals surface area contributed by atoms with Crippen molar-refractivity contribution >= 4 is 0 Å². The lowest BCUT2D eigenvalue weighted by Crippen LogP contribution is -2.47. The van der Waals surface area contributed by atoms with Gasteiger partial charge in [0.1, 0.15) is 0 Å². The normalized spacial score (nSPS) is 15.8. The van der Waals surface area contributed by atoms with E-state index in [4.69, 9.17) is 4.74 Å². The van der Waals surface area contributed by atoms with Crippen LogP contribution in [0.4, 0.5) is 0 Å². The molecule has 0 saturated heterocycles. The number of hydrogen-bond donors (Lipinski definition) is 1. The Balaban J connectivity index is 4.00. The van der Waals surface area contributed by atoms with Crippen molar-refractivity contribution in [2.45, 2.75) is 59.2 Å². The van der Waals surface area contributed by atoms with Crippen molar-refractivity contribution in [1.82, 2.24) is 10.2 Å². The van der Waals surface area contributed by atoms with Crippen molar-refractivity contribution in [3.8, 4) is 0 Å². The molecule has 0 aliphatic carbocycles. The Labute approximate surface area is 102 Å². The molecule has 3 nitrogen and oxygen atoms in total. The van der Waals surface area contributed by atoms with Crippen molar-refractivity contribution in [3.05, 3.63) is 0 Å². The molecule has 0 aliphatic heterocycles. The summed E-state index contributed by atoms with van der Waals surface area (Å²) in [5.74, 6) is 0. The first-order chi connectivity index (χ1) is 7.52. The predicted octanol–water partition coefficient (Wildman–Crippen LogP) is 2.12. The van der Waals surface area contributed by atoms with Gasteiger partial charge in [0.2, 0.25) is 0 Å². The third kappa shape index (κ3) is 6.46. The third-order valence-corrected chi connectivity index (χ3v) is 3.16. The minimum Gasteiger partial charge on any atom is -0.383 e. The van der Waals surface area contributed by atoms with Gasteiger partial charge < -0.3 is 10.1 Å². The standard InChI is InChI=1S/C13H30N2O/c1-7-12(4)14-10-13(5)15(11(2)3)8-9-16-6/h11-14H,7-10H2,1-6H3. The second-order valence-electron chi connectivity index (χ2n) is 4.89. The van der Waals surface area contributed by atoms with Crippen molar-refractivity contribution < 1.29 is 4.74 Å². The van der Waals surface area contributed by atoms with E-state index in [1.54, 1.807) is 7.11 Å². The lowest BCUT2D eigenvalue weighted by Gasteiger charge is -2.33. The fourth-order valence-corrected chi connectivity index (χ4v) is 1.82. The fourth-order valence-electron chi connectivity index (χ4n) is 1.82. The molecular weight excluding hydrogens is 200 g/mol. The molecule has 3 heteroatoms. The molecule has 0 spiro atoms. The van der Waals surface area contributed by atoms with Gasteiger partial charge in [0.15, 0.2) is 0 Å². The summed E-state index contributed by atoms with van der Waals surface area (Å²) in [5, 5.41) is 3.56. The van der Waals surface area contributed by atoms with Gasteiger partial charge in [-0.2, -0.15) is 0 Å². The van der Waals surface area contributed by atoms with E-state index in [2.05, 4.69) is 44.8 Å². The lowest BCUT2D eigenvalue weighted by molar-refractivity contribution is 0.100. The molecule has 98 valence electrons. The number of rotatable bonds is 9. The van der Waals surface area contributed by atoms with Crippen LogP contribution in [-0.2, 0) is 4.74 Å². The number of nitrogens with zero attached hydrogens (tertiary/aromatic N) is 1. The van der Waals surface area contributed by atoms with E-state index in [1.807, 2.05) is 0 Å². The maximum atomic E-state index is 5.16. The van der Waals surface area contributed by atoms with Gasteiger partial charge in [0, 0.05) is 38.3 Å².